The molecule has 2 N–H and O–H groups in total. The SMILES string of the molecule is O=C(NC(=Cc1ccc[nH+]c1)C(=O)N1CCCC1)c1ccco1. The smallest absolute Gasteiger partial charge is 0.291 e. The predicted octanol–water partition coefficient (Wildman–Crippen LogP) is 1.49. The van der Waals surface area contributed by atoms with Gasteiger partial charge in [-0.3, -0.25) is 9.59 Å². The first-order chi connectivity index (χ1) is 11.2. The summed E-state index contributed by atoms with van der Waals surface area (Å²) < 4.78 is 5.08. The van der Waals surface area contributed by atoms with Gasteiger partial charge in [-0.15, -0.1) is 0 Å². The fourth-order valence-electron chi connectivity index (χ4n) is 2.50. The number of aromatic nitrogens is 1. The third-order valence-corrected chi connectivity index (χ3v) is 3.66. The molecule has 1 aliphatic rings. The molecule has 6 nitrogen and oxygen atoms in total. The van der Waals surface area contributed by atoms with Crippen molar-refractivity contribution in [2.45, 2.75) is 12.8 Å². The summed E-state index contributed by atoms with van der Waals surface area (Å²) in [5, 5.41) is 2.67. The molecule has 0 aromatic carbocycles. The van der Waals surface area contributed by atoms with E-state index >= 15 is 0 Å². The highest BCUT2D eigenvalue weighted by molar-refractivity contribution is 6.04. The largest absolute Gasteiger partial charge is 0.459 e. The van der Waals surface area contributed by atoms with Crippen molar-refractivity contribution in [3.05, 3.63) is 59.9 Å². The summed E-state index contributed by atoms with van der Waals surface area (Å²) in [6, 6.07) is 6.88. The van der Waals surface area contributed by atoms with E-state index in [1.807, 2.05) is 12.1 Å². The van der Waals surface area contributed by atoms with E-state index in [0.29, 0.717) is 13.1 Å². The fraction of sp³-hybridized carbons (Fsp3) is 0.235. The zero-order chi connectivity index (χ0) is 16.1. The van der Waals surface area contributed by atoms with Crippen molar-refractivity contribution in [1.82, 2.24) is 10.2 Å². The Morgan fingerprint density at radius 2 is 2.04 bits per heavy atom. The van der Waals surface area contributed by atoms with Crippen molar-refractivity contribution in [2.24, 2.45) is 0 Å². The van der Waals surface area contributed by atoms with Crippen LogP contribution in [-0.2, 0) is 4.79 Å². The minimum atomic E-state index is -0.436. The molecule has 0 atom stereocenters. The van der Waals surface area contributed by atoms with Crippen LogP contribution in [0.5, 0.6) is 0 Å². The molecule has 2 amide bonds. The predicted molar refractivity (Wildman–Crippen MR) is 83.0 cm³/mol. The molecule has 3 heterocycles. The van der Waals surface area contributed by atoms with Crippen LogP contribution in [0.1, 0.15) is 29.0 Å². The Balaban J connectivity index is 1.85. The molecule has 0 aliphatic carbocycles. The molecular formula is C17H18N3O3+. The average molecular weight is 312 g/mol. The monoisotopic (exact) mass is 312 g/mol. The zero-order valence-electron chi connectivity index (χ0n) is 12.6. The number of likely N-dealkylation sites (tertiary alicyclic amines) is 1. The van der Waals surface area contributed by atoms with E-state index in [4.69, 9.17) is 4.42 Å². The van der Waals surface area contributed by atoms with Gasteiger partial charge in [-0.25, -0.2) is 4.98 Å². The van der Waals surface area contributed by atoms with Crippen molar-refractivity contribution >= 4 is 17.9 Å². The van der Waals surface area contributed by atoms with Crippen LogP contribution < -0.4 is 10.3 Å². The van der Waals surface area contributed by atoms with E-state index in [2.05, 4.69) is 10.3 Å². The number of carbonyl (C=O) groups is 2. The molecule has 118 valence electrons. The average Bonchev–Trinajstić information content (AvgIpc) is 3.27. The summed E-state index contributed by atoms with van der Waals surface area (Å²) in [6.07, 6.45) is 8.61. The minimum Gasteiger partial charge on any atom is -0.459 e. The van der Waals surface area contributed by atoms with E-state index in [9.17, 15) is 9.59 Å². The van der Waals surface area contributed by atoms with Gasteiger partial charge in [-0.1, -0.05) is 0 Å². The van der Waals surface area contributed by atoms with Crippen LogP contribution in [0.3, 0.4) is 0 Å². The highest BCUT2D eigenvalue weighted by Crippen LogP contribution is 2.13. The van der Waals surface area contributed by atoms with Gasteiger partial charge in [0.1, 0.15) is 5.70 Å². The number of furan rings is 1. The van der Waals surface area contributed by atoms with Gasteiger partial charge in [0, 0.05) is 24.7 Å². The Hall–Kier alpha value is -2.89. The maximum Gasteiger partial charge on any atom is 0.291 e. The lowest BCUT2D eigenvalue weighted by Gasteiger charge is -2.17. The third kappa shape index (κ3) is 3.66. The van der Waals surface area contributed by atoms with Gasteiger partial charge in [0.15, 0.2) is 18.2 Å². The van der Waals surface area contributed by atoms with Crippen LogP contribution in [0.25, 0.3) is 6.08 Å². The first kappa shape index (κ1) is 15.0. The second-order valence-corrected chi connectivity index (χ2v) is 5.33. The summed E-state index contributed by atoms with van der Waals surface area (Å²) in [6.45, 7) is 1.43. The summed E-state index contributed by atoms with van der Waals surface area (Å²) in [7, 11) is 0. The van der Waals surface area contributed by atoms with E-state index in [0.717, 1.165) is 18.4 Å². The van der Waals surface area contributed by atoms with Gasteiger partial charge in [0.25, 0.3) is 11.8 Å². The first-order valence-corrected chi connectivity index (χ1v) is 7.56. The van der Waals surface area contributed by atoms with Gasteiger partial charge in [-0.05, 0) is 37.1 Å². The quantitative estimate of drug-likeness (QED) is 0.869. The molecule has 0 radical (unpaired) electrons. The van der Waals surface area contributed by atoms with Gasteiger partial charge in [-0.2, -0.15) is 0 Å². The Morgan fingerprint density at radius 1 is 1.22 bits per heavy atom. The molecule has 1 fully saturated rings. The number of H-pyrrole nitrogens is 1. The number of pyridine rings is 1. The standard InChI is InChI=1S/C17H17N3O3/c21-16(15-6-4-10-23-15)19-14(11-13-5-3-7-18-12-13)17(22)20-8-1-2-9-20/h3-7,10-12H,1-2,8-9H2,(H,19,21)/p+1. The van der Waals surface area contributed by atoms with Crippen molar-refractivity contribution < 1.29 is 19.0 Å². The van der Waals surface area contributed by atoms with E-state index in [-0.39, 0.29) is 17.4 Å². The lowest BCUT2D eigenvalue weighted by atomic mass is 10.2. The molecule has 23 heavy (non-hydrogen) atoms. The number of hydrogen-bond donors (Lipinski definition) is 1. The molecule has 1 saturated heterocycles. The molecular weight excluding hydrogens is 294 g/mol. The maximum atomic E-state index is 12.7. The molecule has 2 aromatic rings. The molecule has 0 saturated carbocycles. The molecule has 0 bridgehead atoms. The number of carbonyl (C=O) groups excluding carboxylic acids is 2. The van der Waals surface area contributed by atoms with Crippen LogP contribution in [0.2, 0.25) is 0 Å². The Morgan fingerprint density at radius 3 is 2.70 bits per heavy atom. The highest BCUT2D eigenvalue weighted by atomic mass is 16.3. The second kappa shape index (κ2) is 6.91. The van der Waals surface area contributed by atoms with Gasteiger partial charge in [0.2, 0.25) is 0 Å². The molecule has 2 aromatic heterocycles. The first-order valence-electron chi connectivity index (χ1n) is 7.56. The fourth-order valence-corrected chi connectivity index (χ4v) is 2.50. The minimum absolute atomic E-state index is 0.171. The lowest BCUT2D eigenvalue weighted by Crippen LogP contribution is -2.36. The van der Waals surface area contributed by atoms with Gasteiger partial charge < -0.3 is 14.6 Å². The zero-order valence-corrected chi connectivity index (χ0v) is 12.6. The molecule has 3 rings (SSSR count). The van der Waals surface area contributed by atoms with Crippen LogP contribution in [0.4, 0.5) is 0 Å². The van der Waals surface area contributed by atoms with Crippen LogP contribution in [-0.4, -0.2) is 29.8 Å². The number of amides is 2. The van der Waals surface area contributed by atoms with Crippen LogP contribution in [0.15, 0.2) is 53.0 Å². The Labute approximate surface area is 133 Å². The van der Waals surface area contributed by atoms with E-state index in [1.54, 1.807) is 35.5 Å². The van der Waals surface area contributed by atoms with E-state index in [1.165, 1.54) is 6.26 Å². The summed E-state index contributed by atoms with van der Waals surface area (Å²) in [5.41, 5.74) is 1.04. The van der Waals surface area contributed by atoms with Crippen molar-refractivity contribution in [2.75, 3.05) is 13.1 Å². The topological polar surface area (TPSA) is 76.7 Å². The third-order valence-electron chi connectivity index (χ3n) is 3.66. The Kier molecular flexibility index (Phi) is 4.52. The van der Waals surface area contributed by atoms with Gasteiger partial charge >= 0.3 is 0 Å². The number of nitrogens with zero attached hydrogens (tertiary/aromatic N) is 1. The number of hydrogen-bond acceptors (Lipinski definition) is 3. The van der Waals surface area contributed by atoms with Crippen molar-refractivity contribution in [3.8, 4) is 0 Å². The summed E-state index contributed by atoms with van der Waals surface area (Å²) in [5.74, 6) is -0.440. The Bertz CT molecular complexity index is 702. The number of aromatic amines is 1. The molecule has 1 aliphatic heterocycles. The lowest BCUT2D eigenvalue weighted by molar-refractivity contribution is -0.378. The highest BCUT2D eigenvalue weighted by Gasteiger charge is 2.24. The van der Waals surface area contributed by atoms with E-state index < -0.39 is 5.91 Å². The second-order valence-electron chi connectivity index (χ2n) is 5.33. The van der Waals surface area contributed by atoms with Crippen LogP contribution >= 0.6 is 0 Å². The summed E-state index contributed by atoms with van der Waals surface area (Å²) in [4.78, 5) is 29.6. The number of rotatable bonds is 4. The molecule has 6 heteroatoms. The molecule has 0 unspecified atom stereocenters. The maximum absolute atomic E-state index is 12.7. The van der Waals surface area contributed by atoms with Crippen molar-refractivity contribution in [3.63, 3.8) is 0 Å². The van der Waals surface area contributed by atoms with Crippen molar-refractivity contribution in [1.29, 1.82) is 0 Å². The molecule has 0 spiro atoms. The summed E-state index contributed by atoms with van der Waals surface area (Å²) >= 11 is 0. The van der Waals surface area contributed by atoms with Crippen LogP contribution in [0, 0.1) is 0 Å². The number of nitrogens with one attached hydrogen (secondary N) is 2. The normalized spacial score (nSPS) is 14.8. The van der Waals surface area contributed by atoms with Gasteiger partial charge in [0.05, 0.1) is 6.26 Å².